The monoisotopic (exact) mass is 265 g/mol. The number of amides is 1. The number of nitrogens with zero attached hydrogens (tertiary/aromatic N) is 2. The number of hydrogen-bond acceptors (Lipinski definition) is 3. The van der Waals surface area contributed by atoms with Crippen molar-refractivity contribution >= 4 is 23.3 Å². The third-order valence-electron chi connectivity index (χ3n) is 2.27. The summed E-state index contributed by atoms with van der Waals surface area (Å²) in [7, 11) is 1.75. The molecule has 2 aromatic rings. The minimum atomic E-state index is -0.242. The van der Waals surface area contributed by atoms with Crippen LogP contribution in [-0.2, 0) is 11.8 Å². The summed E-state index contributed by atoms with van der Waals surface area (Å²) in [5.41, 5.74) is 0. The normalized spacial score (nSPS) is 10.1. The van der Waals surface area contributed by atoms with Crippen molar-refractivity contribution in [2.45, 2.75) is 0 Å². The number of aryl methyl sites for hydroxylation is 1. The topological polar surface area (TPSA) is 56.2 Å². The zero-order chi connectivity index (χ0) is 13.0. The van der Waals surface area contributed by atoms with Crippen molar-refractivity contribution in [3.05, 3.63) is 41.6 Å². The first kappa shape index (κ1) is 12.4. The zero-order valence-corrected chi connectivity index (χ0v) is 10.5. The molecule has 0 bridgehead atoms. The molecule has 1 N–H and O–H groups in total. The Morgan fingerprint density at radius 2 is 2.11 bits per heavy atom. The van der Waals surface area contributed by atoms with Gasteiger partial charge in [0.25, 0.3) is 5.91 Å². The minimum Gasteiger partial charge on any atom is -0.484 e. The third-order valence-corrected chi connectivity index (χ3v) is 2.52. The van der Waals surface area contributed by atoms with Gasteiger partial charge in [0.2, 0.25) is 0 Å². The Kier molecular flexibility index (Phi) is 3.84. The smallest absolute Gasteiger partial charge is 0.263 e. The van der Waals surface area contributed by atoms with Crippen LogP contribution in [0.5, 0.6) is 5.75 Å². The summed E-state index contributed by atoms with van der Waals surface area (Å²) in [5, 5.41) is 7.25. The second-order valence-electron chi connectivity index (χ2n) is 3.63. The van der Waals surface area contributed by atoms with Crippen LogP contribution in [0.3, 0.4) is 0 Å². The van der Waals surface area contributed by atoms with E-state index in [4.69, 9.17) is 16.3 Å². The number of hydrogen-bond donors (Lipinski definition) is 1. The highest BCUT2D eigenvalue weighted by atomic mass is 35.5. The number of benzene rings is 1. The minimum absolute atomic E-state index is 0.0627. The molecule has 0 unspecified atom stereocenters. The van der Waals surface area contributed by atoms with Crippen LogP contribution in [0.15, 0.2) is 36.5 Å². The van der Waals surface area contributed by atoms with Gasteiger partial charge < -0.3 is 10.1 Å². The van der Waals surface area contributed by atoms with Crippen molar-refractivity contribution in [3.8, 4) is 5.75 Å². The number of aromatic nitrogens is 2. The van der Waals surface area contributed by atoms with E-state index in [2.05, 4.69) is 10.4 Å². The fourth-order valence-corrected chi connectivity index (χ4v) is 1.48. The van der Waals surface area contributed by atoms with E-state index in [0.717, 1.165) is 0 Å². The molecule has 0 fully saturated rings. The van der Waals surface area contributed by atoms with E-state index in [1.54, 1.807) is 48.3 Å². The molecule has 18 heavy (non-hydrogen) atoms. The van der Waals surface area contributed by atoms with E-state index in [1.165, 1.54) is 0 Å². The first-order valence-corrected chi connectivity index (χ1v) is 5.69. The first-order chi connectivity index (χ1) is 8.65. The Morgan fingerprint density at radius 1 is 1.39 bits per heavy atom. The summed E-state index contributed by atoms with van der Waals surface area (Å²) in [5.74, 6) is 0.979. The lowest BCUT2D eigenvalue weighted by atomic mass is 10.3. The lowest BCUT2D eigenvalue weighted by Crippen LogP contribution is -2.21. The largest absolute Gasteiger partial charge is 0.484 e. The van der Waals surface area contributed by atoms with Crippen LogP contribution < -0.4 is 10.1 Å². The summed E-state index contributed by atoms with van der Waals surface area (Å²) >= 11 is 5.74. The molecule has 0 spiro atoms. The molecule has 1 aromatic heterocycles. The number of nitrogens with one attached hydrogen (secondary N) is 1. The lowest BCUT2D eigenvalue weighted by Gasteiger charge is -2.07. The Hall–Kier alpha value is -2.01. The molecule has 0 aliphatic heterocycles. The maximum Gasteiger partial charge on any atom is 0.263 e. The van der Waals surface area contributed by atoms with Crippen molar-refractivity contribution in [1.29, 1.82) is 0 Å². The van der Waals surface area contributed by atoms with Gasteiger partial charge in [-0.3, -0.25) is 9.48 Å². The third kappa shape index (κ3) is 3.24. The average molecular weight is 266 g/mol. The molecule has 1 amide bonds. The summed E-state index contributed by atoms with van der Waals surface area (Å²) < 4.78 is 6.88. The quantitative estimate of drug-likeness (QED) is 0.921. The zero-order valence-electron chi connectivity index (χ0n) is 9.76. The molecule has 0 radical (unpaired) electrons. The predicted octanol–water partition coefficient (Wildman–Crippen LogP) is 2.09. The fourth-order valence-electron chi connectivity index (χ4n) is 1.36. The number of carbonyl (C=O) groups excluding carboxylic acids is 1. The molecule has 1 heterocycles. The summed E-state index contributed by atoms with van der Waals surface area (Å²) in [4.78, 5) is 11.6. The van der Waals surface area contributed by atoms with Crippen LogP contribution in [0.4, 0.5) is 5.82 Å². The molecular weight excluding hydrogens is 254 g/mol. The van der Waals surface area contributed by atoms with Crippen molar-refractivity contribution < 1.29 is 9.53 Å². The van der Waals surface area contributed by atoms with Crippen LogP contribution in [0, 0.1) is 0 Å². The highest BCUT2D eigenvalue weighted by Gasteiger charge is 2.06. The van der Waals surface area contributed by atoms with E-state index in [1.807, 2.05) is 0 Å². The molecule has 0 aliphatic carbocycles. The standard InChI is InChI=1S/C12H12ClN3O2/c1-16-11(6-7-14-16)15-12(17)8-18-10-4-2-9(13)3-5-10/h2-7H,8H2,1H3,(H,15,17). The summed E-state index contributed by atoms with van der Waals surface area (Å²) in [6.45, 7) is -0.0627. The second kappa shape index (κ2) is 5.55. The number of rotatable bonds is 4. The van der Waals surface area contributed by atoms with Crippen molar-refractivity contribution in [2.75, 3.05) is 11.9 Å². The molecule has 5 nitrogen and oxygen atoms in total. The van der Waals surface area contributed by atoms with Crippen LogP contribution in [-0.4, -0.2) is 22.3 Å². The van der Waals surface area contributed by atoms with Crippen LogP contribution >= 0.6 is 11.6 Å². The Morgan fingerprint density at radius 3 is 2.72 bits per heavy atom. The van der Waals surface area contributed by atoms with Gasteiger partial charge in [-0.15, -0.1) is 0 Å². The molecule has 6 heteroatoms. The van der Waals surface area contributed by atoms with Gasteiger partial charge >= 0.3 is 0 Å². The van der Waals surface area contributed by atoms with Gasteiger partial charge in [-0.05, 0) is 24.3 Å². The van der Waals surface area contributed by atoms with Gasteiger partial charge in [0, 0.05) is 18.1 Å². The van der Waals surface area contributed by atoms with E-state index < -0.39 is 0 Å². The molecule has 0 saturated heterocycles. The van der Waals surface area contributed by atoms with Crippen molar-refractivity contribution in [3.63, 3.8) is 0 Å². The second-order valence-corrected chi connectivity index (χ2v) is 4.07. The van der Waals surface area contributed by atoms with Crippen LogP contribution in [0.2, 0.25) is 5.02 Å². The van der Waals surface area contributed by atoms with Gasteiger partial charge in [-0.25, -0.2) is 0 Å². The molecule has 0 atom stereocenters. The number of halogens is 1. The van der Waals surface area contributed by atoms with Crippen molar-refractivity contribution in [2.24, 2.45) is 7.05 Å². The average Bonchev–Trinajstić information content (AvgIpc) is 2.74. The Bertz CT molecular complexity index is 537. The fraction of sp³-hybridized carbons (Fsp3) is 0.167. The SMILES string of the molecule is Cn1nccc1NC(=O)COc1ccc(Cl)cc1. The summed E-state index contributed by atoms with van der Waals surface area (Å²) in [6, 6.07) is 8.53. The van der Waals surface area contributed by atoms with Gasteiger partial charge in [0.15, 0.2) is 6.61 Å². The van der Waals surface area contributed by atoms with E-state index in [-0.39, 0.29) is 12.5 Å². The number of anilines is 1. The van der Waals surface area contributed by atoms with E-state index in [0.29, 0.717) is 16.6 Å². The maximum atomic E-state index is 11.6. The van der Waals surface area contributed by atoms with Crippen molar-refractivity contribution in [1.82, 2.24) is 9.78 Å². The van der Waals surface area contributed by atoms with Gasteiger partial charge in [-0.2, -0.15) is 5.10 Å². The predicted molar refractivity (Wildman–Crippen MR) is 68.8 cm³/mol. The van der Waals surface area contributed by atoms with Gasteiger partial charge in [0.1, 0.15) is 11.6 Å². The van der Waals surface area contributed by atoms with Crippen LogP contribution in [0.25, 0.3) is 0 Å². The van der Waals surface area contributed by atoms with E-state index in [9.17, 15) is 4.79 Å². The molecule has 0 saturated carbocycles. The molecule has 94 valence electrons. The highest BCUT2D eigenvalue weighted by Crippen LogP contribution is 2.15. The summed E-state index contributed by atoms with van der Waals surface area (Å²) in [6.07, 6.45) is 1.61. The molecule has 2 rings (SSSR count). The highest BCUT2D eigenvalue weighted by molar-refractivity contribution is 6.30. The lowest BCUT2D eigenvalue weighted by molar-refractivity contribution is -0.118. The number of ether oxygens (including phenoxy) is 1. The first-order valence-electron chi connectivity index (χ1n) is 5.31. The van der Waals surface area contributed by atoms with E-state index >= 15 is 0 Å². The maximum absolute atomic E-state index is 11.6. The number of carbonyl (C=O) groups is 1. The Labute approximate surface area is 109 Å². The van der Waals surface area contributed by atoms with Crippen LogP contribution in [0.1, 0.15) is 0 Å². The van der Waals surface area contributed by atoms with Gasteiger partial charge in [0.05, 0.1) is 6.20 Å². The molecular formula is C12H12ClN3O2. The van der Waals surface area contributed by atoms with Gasteiger partial charge in [-0.1, -0.05) is 11.6 Å². The Balaban J connectivity index is 1.85. The molecule has 0 aliphatic rings. The molecule has 1 aromatic carbocycles.